The van der Waals surface area contributed by atoms with Gasteiger partial charge < -0.3 is 5.73 Å². The molecule has 106 valence electrons. The standard InChI is InChI=1S/C15H12BrFN4/c1-21-15(18)13(9-3-2-4-10(16)7-9)14(20-21)11-5-6-19-8-12(11)17/h2-8H,18H2,1H3. The molecule has 3 aromatic rings. The summed E-state index contributed by atoms with van der Waals surface area (Å²) in [5.74, 6) is 0.0613. The van der Waals surface area contributed by atoms with Gasteiger partial charge in [-0.15, -0.1) is 0 Å². The lowest BCUT2D eigenvalue weighted by atomic mass is 10.0. The summed E-state index contributed by atoms with van der Waals surface area (Å²) in [6.45, 7) is 0. The first-order valence-electron chi connectivity index (χ1n) is 6.26. The van der Waals surface area contributed by atoms with Crippen molar-refractivity contribution in [3.8, 4) is 22.4 Å². The minimum Gasteiger partial charge on any atom is -0.383 e. The predicted octanol–water partition coefficient (Wildman–Crippen LogP) is 3.63. The van der Waals surface area contributed by atoms with Gasteiger partial charge in [-0.05, 0) is 23.8 Å². The van der Waals surface area contributed by atoms with Crippen LogP contribution in [0.25, 0.3) is 22.4 Å². The average Bonchev–Trinajstić information content (AvgIpc) is 2.75. The van der Waals surface area contributed by atoms with E-state index in [1.54, 1.807) is 17.8 Å². The maximum atomic E-state index is 14.0. The summed E-state index contributed by atoms with van der Waals surface area (Å²) in [4.78, 5) is 3.77. The van der Waals surface area contributed by atoms with E-state index in [9.17, 15) is 4.39 Å². The number of anilines is 1. The largest absolute Gasteiger partial charge is 0.383 e. The number of pyridine rings is 1. The monoisotopic (exact) mass is 346 g/mol. The van der Waals surface area contributed by atoms with Crippen molar-refractivity contribution in [2.45, 2.75) is 0 Å². The highest BCUT2D eigenvalue weighted by molar-refractivity contribution is 9.10. The Bertz CT molecular complexity index is 813. The molecule has 4 nitrogen and oxygen atoms in total. The number of nitrogen functional groups attached to an aromatic ring is 1. The Morgan fingerprint density at radius 2 is 2.10 bits per heavy atom. The number of halogens is 2. The minimum absolute atomic E-state index is 0.382. The molecule has 0 fully saturated rings. The molecule has 1 aromatic carbocycles. The van der Waals surface area contributed by atoms with Crippen molar-refractivity contribution in [1.82, 2.24) is 14.8 Å². The van der Waals surface area contributed by atoms with Crippen molar-refractivity contribution in [3.05, 3.63) is 53.0 Å². The van der Waals surface area contributed by atoms with Crippen LogP contribution in [-0.4, -0.2) is 14.8 Å². The molecule has 0 radical (unpaired) electrons. The number of nitrogens with two attached hydrogens (primary N) is 1. The number of aryl methyl sites for hydroxylation is 1. The predicted molar refractivity (Wildman–Crippen MR) is 83.9 cm³/mol. The lowest BCUT2D eigenvalue weighted by molar-refractivity contribution is 0.623. The number of nitrogens with zero attached hydrogens (tertiary/aromatic N) is 3. The molecule has 0 atom stereocenters. The van der Waals surface area contributed by atoms with Gasteiger partial charge in [0.05, 0.1) is 11.8 Å². The Morgan fingerprint density at radius 1 is 1.29 bits per heavy atom. The summed E-state index contributed by atoms with van der Waals surface area (Å²) in [6, 6.07) is 9.26. The second kappa shape index (κ2) is 5.29. The Balaban J connectivity index is 2.29. The van der Waals surface area contributed by atoms with Crippen LogP contribution >= 0.6 is 15.9 Å². The molecule has 0 saturated heterocycles. The summed E-state index contributed by atoms with van der Waals surface area (Å²) in [6.07, 6.45) is 2.71. The quantitative estimate of drug-likeness (QED) is 0.770. The zero-order valence-electron chi connectivity index (χ0n) is 11.2. The zero-order valence-corrected chi connectivity index (χ0v) is 12.8. The summed E-state index contributed by atoms with van der Waals surface area (Å²) in [5, 5.41) is 4.36. The van der Waals surface area contributed by atoms with Gasteiger partial charge in [-0.2, -0.15) is 5.10 Å². The Hall–Kier alpha value is -2.21. The normalized spacial score (nSPS) is 10.8. The van der Waals surface area contributed by atoms with Crippen LogP contribution in [0.3, 0.4) is 0 Å². The Kier molecular flexibility index (Phi) is 3.47. The van der Waals surface area contributed by atoms with E-state index in [4.69, 9.17) is 5.73 Å². The molecule has 0 aliphatic heterocycles. The van der Waals surface area contributed by atoms with E-state index in [1.165, 1.54) is 12.4 Å². The molecule has 3 rings (SSSR count). The summed E-state index contributed by atoms with van der Waals surface area (Å²) in [7, 11) is 1.74. The third kappa shape index (κ3) is 2.42. The molecule has 2 aromatic heterocycles. The molecular formula is C15H12BrFN4. The third-order valence-electron chi connectivity index (χ3n) is 3.23. The fourth-order valence-electron chi connectivity index (χ4n) is 2.22. The third-order valence-corrected chi connectivity index (χ3v) is 3.73. The van der Waals surface area contributed by atoms with E-state index >= 15 is 0 Å². The zero-order chi connectivity index (χ0) is 15.0. The van der Waals surface area contributed by atoms with Crippen molar-refractivity contribution in [2.75, 3.05) is 5.73 Å². The second-order valence-corrected chi connectivity index (χ2v) is 5.51. The smallest absolute Gasteiger partial charge is 0.150 e. The molecule has 0 aliphatic rings. The number of hydrogen-bond donors (Lipinski definition) is 1. The number of hydrogen-bond acceptors (Lipinski definition) is 3. The number of aromatic nitrogens is 3. The molecule has 0 unspecified atom stereocenters. The summed E-state index contributed by atoms with van der Waals surface area (Å²) < 4.78 is 16.5. The van der Waals surface area contributed by atoms with Crippen LogP contribution < -0.4 is 5.73 Å². The fraction of sp³-hybridized carbons (Fsp3) is 0.0667. The molecule has 0 spiro atoms. The van der Waals surface area contributed by atoms with Gasteiger partial charge in [-0.25, -0.2) is 4.39 Å². The molecule has 0 amide bonds. The maximum absolute atomic E-state index is 14.0. The second-order valence-electron chi connectivity index (χ2n) is 4.60. The maximum Gasteiger partial charge on any atom is 0.150 e. The van der Waals surface area contributed by atoms with Crippen molar-refractivity contribution in [1.29, 1.82) is 0 Å². The molecule has 0 saturated carbocycles. The highest BCUT2D eigenvalue weighted by Crippen LogP contribution is 2.37. The number of rotatable bonds is 2. The average molecular weight is 347 g/mol. The number of benzene rings is 1. The summed E-state index contributed by atoms with van der Waals surface area (Å²) in [5.41, 5.74) is 8.60. The molecular weight excluding hydrogens is 335 g/mol. The molecule has 0 aliphatic carbocycles. The van der Waals surface area contributed by atoms with Gasteiger partial charge in [0.1, 0.15) is 11.5 Å². The van der Waals surface area contributed by atoms with E-state index in [0.717, 1.165) is 10.0 Å². The van der Waals surface area contributed by atoms with E-state index in [0.29, 0.717) is 22.6 Å². The van der Waals surface area contributed by atoms with Gasteiger partial charge in [0.25, 0.3) is 0 Å². The van der Waals surface area contributed by atoms with Gasteiger partial charge in [0, 0.05) is 23.3 Å². The van der Waals surface area contributed by atoms with E-state index in [1.807, 2.05) is 24.3 Å². The molecule has 0 bridgehead atoms. The van der Waals surface area contributed by atoms with Gasteiger partial charge >= 0.3 is 0 Å². The van der Waals surface area contributed by atoms with Crippen LogP contribution in [0.1, 0.15) is 0 Å². The van der Waals surface area contributed by atoms with Crippen LogP contribution in [0, 0.1) is 5.82 Å². The molecule has 21 heavy (non-hydrogen) atoms. The van der Waals surface area contributed by atoms with Crippen LogP contribution in [0.2, 0.25) is 0 Å². The molecule has 6 heteroatoms. The Morgan fingerprint density at radius 3 is 2.81 bits per heavy atom. The summed E-state index contributed by atoms with van der Waals surface area (Å²) >= 11 is 3.43. The minimum atomic E-state index is -0.424. The highest BCUT2D eigenvalue weighted by Gasteiger charge is 2.19. The SMILES string of the molecule is Cn1nc(-c2ccncc2F)c(-c2cccc(Br)c2)c1N. The van der Waals surface area contributed by atoms with Crippen LogP contribution in [0.5, 0.6) is 0 Å². The van der Waals surface area contributed by atoms with Gasteiger partial charge in [-0.3, -0.25) is 9.67 Å². The van der Waals surface area contributed by atoms with Crippen molar-refractivity contribution in [2.24, 2.45) is 7.05 Å². The fourth-order valence-corrected chi connectivity index (χ4v) is 2.62. The van der Waals surface area contributed by atoms with E-state index < -0.39 is 5.82 Å². The van der Waals surface area contributed by atoms with Gasteiger partial charge in [0.15, 0.2) is 5.82 Å². The molecule has 2 N–H and O–H groups in total. The Labute approximate surface area is 129 Å². The van der Waals surface area contributed by atoms with Crippen LogP contribution in [0.4, 0.5) is 10.2 Å². The van der Waals surface area contributed by atoms with Crippen molar-refractivity contribution >= 4 is 21.7 Å². The topological polar surface area (TPSA) is 56.7 Å². The molecule has 2 heterocycles. The lowest BCUT2D eigenvalue weighted by Gasteiger charge is -2.05. The van der Waals surface area contributed by atoms with Gasteiger partial charge in [0.2, 0.25) is 0 Å². The lowest BCUT2D eigenvalue weighted by Crippen LogP contribution is -1.97. The van der Waals surface area contributed by atoms with E-state index in [-0.39, 0.29) is 0 Å². The van der Waals surface area contributed by atoms with Crippen molar-refractivity contribution < 1.29 is 4.39 Å². The first-order valence-corrected chi connectivity index (χ1v) is 7.05. The van der Waals surface area contributed by atoms with Crippen LogP contribution in [-0.2, 0) is 7.05 Å². The first-order chi connectivity index (χ1) is 10.1. The van der Waals surface area contributed by atoms with Crippen molar-refractivity contribution in [3.63, 3.8) is 0 Å². The van der Waals surface area contributed by atoms with E-state index in [2.05, 4.69) is 26.0 Å². The highest BCUT2D eigenvalue weighted by atomic mass is 79.9. The van der Waals surface area contributed by atoms with Crippen LogP contribution in [0.15, 0.2) is 47.2 Å². The first kappa shape index (κ1) is 13.8. The van der Waals surface area contributed by atoms with Gasteiger partial charge in [-0.1, -0.05) is 28.1 Å².